The Morgan fingerprint density at radius 2 is 2.39 bits per heavy atom. The number of halogens is 3. The minimum atomic E-state index is -0.979. The molecule has 1 aromatic rings. The number of rotatable bonds is 3. The second-order valence-corrected chi connectivity index (χ2v) is 5.13. The standard InChI is InChI=1S/C11H14Cl2FN3O/c1-15-4-7-2-6(14)5-17(7)11(18)9-3-8(12)10(13)16-9/h3,6-7,15-16H,2,4-5H2,1H3/t6-,7-/m0/s1. The molecule has 100 valence electrons. The van der Waals surface area contributed by atoms with Crippen molar-refractivity contribution in [3.63, 3.8) is 0 Å². The first-order chi connectivity index (χ1) is 8.52. The fourth-order valence-electron chi connectivity index (χ4n) is 2.21. The minimum absolute atomic E-state index is 0.111. The van der Waals surface area contributed by atoms with Gasteiger partial charge < -0.3 is 15.2 Å². The predicted molar refractivity (Wildman–Crippen MR) is 69.1 cm³/mol. The van der Waals surface area contributed by atoms with Gasteiger partial charge in [-0.2, -0.15) is 0 Å². The molecule has 1 amide bonds. The molecule has 18 heavy (non-hydrogen) atoms. The van der Waals surface area contributed by atoms with E-state index in [0.717, 1.165) is 0 Å². The van der Waals surface area contributed by atoms with Gasteiger partial charge in [-0.25, -0.2) is 4.39 Å². The minimum Gasteiger partial charge on any atom is -0.340 e. The van der Waals surface area contributed by atoms with Crippen molar-refractivity contribution >= 4 is 29.1 Å². The first-order valence-corrected chi connectivity index (χ1v) is 6.42. The Hall–Kier alpha value is -0.780. The molecule has 0 bridgehead atoms. The summed E-state index contributed by atoms with van der Waals surface area (Å²) in [6.45, 7) is 0.674. The van der Waals surface area contributed by atoms with Crippen molar-refractivity contribution in [1.82, 2.24) is 15.2 Å². The van der Waals surface area contributed by atoms with Gasteiger partial charge in [-0.1, -0.05) is 23.2 Å². The molecule has 0 aromatic carbocycles. The molecule has 2 atom stereocenters. The zero-order chi connectivity index (χ0) is 13.3. The fourth-order valence-corrected chi connectivity index (χ4v) is 2.52. The van der Waals surface area contributed by atoms with Crippen molar-refractivity contribution in [3.8, 4) is 0 Å². The first kappa shape index (κ1) is 13.6. The van der Waals surface area contributed by atoms with Gasteiger partial charge in [-0.3, -0.25) is 4.79 Å². The van der Waals surface area contributed by atoms with Crippen LogP contribution in [0.2, 0.25) is 10.2 Å². The lowest BCUT2D eigenvalue weighted by Gasteiger charge is -2.23. The number of amides is 1. The summed E-state index contributed by atoms with van der Waals surface area (Å²) in [5, 5.41) is 3.48. The largest absolute Gasteiger partial charge is 0.340 e. The Morgan fingerprint density at radius 1 is 1.67 bits per heavy atom. The van der Waals surface area contributed by atoms with E-state index >= 15 is 0 Å². The number of carbonyl (C=O) groups is 1. The highest BCUT2D eigenvalue weighted by Crippen LogP contribution is 2.26. The van der Waals surface area contributed by atoms with Crippen LogP contribution in [0.4, 0.5) is 4.39 Å². The Labute approximate surface area is 114 Å². The number of alkyl halides is 1. The quantitative estimate of drug-likeness (QED) is 0.897. The molecule has 4 nitrogen and oxygen atoms in total. The van der Waals surface area contributed by atoms with Gasteiger partial charge in [0.2, 0.25) is 0 Å². The number of hydrogen-bond acceptors (Lipinski definition) is 2. The number of nitrogens with zero attached hydrogens (tertiary/aromatic N) is 1. The zero-order valence-electron chi connectivity index (χ0n) is 9.84. The van der Waals surface area contributed by atoms with E-state index in [9.17, 15) is 9.18 Å². The van der Waals surface area contributed by atoms with Crippen LogP contribution in [0.3, 0.4) is 0 Å². The van der Waals surface area contributed by atoms with Crippen LogP contribution in [0.5, 0.6) is 0 Å². The van der Waals surface area contributed by atoms with Crippen LogP contribution in [-0.2, 0) is 0 Å². The molecule has 0 unspecified atom stereocenters. The molecular formula is C11H14Cl2FN3O. The summed E-state index contributed by atoms with van der Waals surface area (Å²) < 4.78 is 13.4. The normalized spacial score (nSPS) is 23.7. The van der Waals surface area contributed by atoms with Crippen LogP contribution in [0, 0.1) is 0 Å². The summed E-state index contributed by atoms with van der Waals surface area (Å²) in [5.74, 6) is -0.274. The maximum Gasteiger partial charge on any atom is 0.270 e. The van der Waals surface area contributed by atoms with Gasteiger partial charge >= 0.3 is 0 Å². The monoisotopic (exact) mass is 293 g/mol. The van der Waals surface area contributed by atoms with E-state index in [-0.39, 0.29) is 23.6 Å². The Morgan fingerprint density at radius 3 is 2.94 bits per heavy atom. The van der Waals surface area contributed by atoms with Crippen LogP contribution in [0.15, 0.2) is 6.07 Å². The third-order valence-electron chi connectivity index (χ3n) is 3.02. The first-order valence-electron chi connectivity index (χ1n) is 5.66. The molecule has 2 heterocycles. The fraction of sp³-hybridized carbons (Fsp3) is 0.545. The van der Waals surface area contributed by atoms with Crippen molar-refractivity contribution in [1.29, 1.82) is 0 Å². The molecule has 0 spiro atoms. The van der Waals surface area contributed by atoms with Crippen molar-refractivity contribution in [2.45, 2.75) is 18.6 Å². The molecule has 2 N–H and O–H groups in total. The van der Waals surface area contributed by atoms with Gasteiger partial charge in [0.25, 0.3) is 5.91 Å². The Kier molecular flexibility index (Phi) is 4.14. The molecule has 7 heteroatoms. The molecular weight excluding hydrogens is 280 g/mol. The summed E-state index contributed by atoms with van der Waals surface area (Å²) in [7, 11) is 1.77. The summed E-state index contributed by atoms with van der Waals surface area (Å²) in [5.41, 5.74) is 0.292. The number of likely N-dealkylation sites (N-methyl/N-ethyl adjacent to an activating group) is 1. The van der Waals surface area contributed by atoms with E-state index in [0.29, 0.717) is 23.7 Å². The summed E-state index contributed by atoms with van der Waals surface area (Å²) >= 11 is 11.5. The van der Waals surface area contributed by atoms with E-state index < -0.39 is 6.17 Å². The highest BCUT2D eigenvalue weighted by Gasteiger charge is 2.35. The third kappa shape index (κ3) is 2.63. The number of aromatic amines is 1. The molecule has 1 aliphatic rings. The lowest BCUT2D eigenvalue weighted by atomic mass is 10.2. The smallest absolute Gasteiger partial charge is 0.270 e. The number of H-pyrrole nitrogens is 1. The maximum atomic E-state index is 13.4. The average molecular weight is 294 g/mol. The van der Waals surface area contributed by atoms with E-state index in [1.165, 1.54) is 11.0 Å². The molecule has 0 aliphatic carbocycles. The van der Waals surface area contributed by atoms with Crippen LogP contribution < -0.4 is 5.32 Å². The molecule has 1 aromatic heterocycles. The highest BCUT2D eigenvalue weighted by molar-refractivity contribution is 6.41. The number of aromatic nitrogens is 1. The second kappa shape index (κ2) is 5.47. The van der Waals surface area contributed by atoms with Crippen molar-refractivity contribution in [3.05, 3.63) is 21.9 Å². The Balaban J connectivity index is 2.16. The topological polar surface area (TPSA) is 48.1 Å². The van der Waals surface area contributed by atoms with Crippen LogP contribution in [0.25, 0.3) is 0 Å². The number of nitrogens with one attached hydrogen (secondary N) is 2. The summed E-state index contributed by atoms with van der Waals surface area (Å²) in [6.07, 6.45) is -0.623. The number of hydrogen-bond donors (Lipinski definition) is 2. The molecule has 0 saturated carbocycles. The van der Waals surface area contributed by atoms with Crippen LogP contribution in [-0.4, -0.2) is 48.1 Å². The van der Waals surface area contributed by atoms with Gasteiger partial charge in [0, 0.05) is 19.0 Å². The average Bonchev–Trinajstić information content (AvgIpc) is 2.83. The molecule has 2 rings (SSSR count). The number of carbonyl (C=O) groups excluding carboxylic acids is 1. The Bertz CT molecular complexity index is 432. The molecule has 1 saturated heterocycles. The van der Waals surface area contributed by atoms with Crippen molar-refractivity contribution in [2.75, 3.05) is 20.1 Å². The second-order valence-electron chi connectivity index (χ2n) is 4.35. The van der Waals surface area contributed by atoms with Gasteiger partial charge in [0.1, 0.15) is 17.0 Å². The van der Waals surface area contributed by atoms with E-state index in [1.54, 1.807) is 7.05 Å². The third-order valence-corrected chi connectivity index (χ3v) is 3.71. The van der Waals surface area contributed by atoms with Gasteiger partial charge in [-0.15, -0.1) is 0 Å². The van der Waals surface area contributed by atoms with Crippen LogP contribution >= 0.6 is 23.2 Å². The molecule has 1 aliphatic heterocycles. The summed E-state index contributed by atoms with van der Waals surface area (Å²) in [4.78, 5) is 16.4. The molecule has 0 radical (unpaired) electrons. The van der Waals surface area contributed by atoms with E-state index in [4.69, 9.17) is 23.2 Å². The zero-order valence-corrected chi connectivity index (χ0v) is 11.4. The van der Waals surface area contributed by atoms with Crippen molar-refractivity contribution in [2.24, 2.45) is 0 Å². The lowest BCUT2D eigenvalue weighted by molar-refractivity contribution is 0.0724. The van der Waals surface area contributed by atoms with E-state index in [1.807, 2.05) is 0 Å². The SMILES string of the molecule is CNC[C@@H]1C[C@H](F)CN1C(=O)c1cc(Cl)c(Cl)[nH]1. The number of likely N-dealkylation sites (tertiary alicyclic amines) is 1. The van der Waals surface area contributed by atoms with Crippen LogP contribution in [0.1, 0.15) is 16.9 Å². The van der Waals surface area contributed by atoms with Gasteiger partial charge in [-0.05, 0) is 13.1 Å². The molecule has 1 fully saturated rings. The summed E-state index contributed by atoms with van der Waals surface area (Å²) in [6, 6.07) is 1.33. The van der Waals surface area contributed by atoms with Gasteiger partial charge in [0.15, 0.2) is 0 Å². The predicted octanol–water partition coefficient (Wildman–Crippen LogP) is 2.09. The van der Waals surface area contributed by atoms with Gasteiger partial charge in [0.05, 0.1) is 11.6 Å². The van der Waals surface area contributed by atoms with Crippen molar-refractivity contribution < 1.29 is 9.18 Å². The highest BCUT2D eigenvalue weighted by atomic mass is 35.5. The lowest BCUT2D eigenvalue weighted by Crippen LogP contribution is -2.41. The maximum absolute atomic E-state index is 13.4. The van der Waals surface area contributed by atoms with E-state index in [2.05, 4.69) is 10.3 Å².